The molecule has 0 N–H and O–H groups in total. The van der Waals surface area contributed by atoms with Gasteiger partial charge in [-0.2, -0.15) is 13.2 Å². The van der Waals surface area contributed by atoms with Crippen LogP contribution in [-0.4, -0.2) is 6.18 Å². The van der Waals surface area contributed by atoms with Crippen molar-refractivity contribution in [3.63, 3.8) is 0 Å². The molecule has 0 aromatic rings. The predicted molar refractivity (Wildman–Crippen MR) is 27.9 cm³/mol. The lowest BCUT2D eigenvalue weighted by molar-refractivity contribution is -0.153. The Morgan fingerprint density at radius 3 is 1.33 bits per heavy atom. The summed E-state index contributed by atoms with van der Waals surface area (Å²) in [4.78, 5) is 0. The molecule has 0 amide bonds. The number of halogens is 3. The second kappa shape index (κ2) is 1.64. The highest BCUT2D eigenvalue weighted by Gasteiger charge is 2.59. The zero-order valence-electron chi connectivity index (χ0n) is 5.37. The Bertz CT molecular complexity index is 108. The third-order valence-corrected chi connectivity index (χ3v) is 2.20. The van der Waals surface area contributed by atoms with E-state index in [0.29, 0.717) is 0 Å². The normalized spacial score (nSPS) is 43.0. The zero-order chi connectivity index (χ0) is 7.23. The molecule has 1 aliphatic rings. The van der Waals surface area contributed by atoms with Crippen molar-refractivity contribution >= 4 is 0 Å². The van der Waals surface area contributed by atoms with Crippen LogP contribution in [0.3, 0.4) is 0 Å². The summed E-state index contributed by atoms with van der Waals surface area (Å²) in [6.07, 6.45) is -3.95. The van der Waals surface area contributed by atoms with E-state index in [1.807, 2.05) is 0 Å². The zero-order valence-corrected chi connectivity index (χ0v) is 5.37. The third-order valence-electron chi connectivity index (χ3n) is 2.20. The van der Waals surface area contributed by atoms with Crippen LogP contribution in [0.1, 0.15) is 13.8 Å². The summed E-state index contributed by atoms with van der Waals surface area (Å²) in [6.45, 7) is 3.28. The molecule has 2 unspecified atom stereocenters. The summed E-state index contributed by atoms with van der Waals surface area (Å²) >= 11 is 0. The van der Waals surface area contributed by atoms with E-state index in [-0.39, 0.29) is 11.8 Å². The van der Waals surface area contributed by atoms with E-state index in [2.05, 4.69) is 0 Å². The highest BCUT2D eigenvalue weighted by Crippen LogP contribution is 2.54. The standard InChI is InChI=1S/C6H9F3/c1-3-4(2)5(3)6(7,8)9/h3-5H,1-2H3. The van der Waals surface area contributed by atoms with Crippen molar-refractivity contribution in [2.24, 2.45) is 17.8 Å². The van der Waals surface area contributed by atoms with Gasteiger partial charge in [-0.05, 0) is 11.8 Å². The maximum Gasteiger partial charge on any atom is 0.392 e. The van der Waals surface area contributed by atoms with Crippen LogP contribution in [0.15, 0.2) is 0 Å². The van der Waals surface area contributed by atoms with Crippen LogP contribution in [0.4, 0.5) is 13.2 Å². The summed E-state index contributed by atoms with van der Waals surface area (Å²) in [5.74, 6) is -1.31. The number of hydrogen-bond acceptors (Lipinski definition) is 0. The Morgan fingerprint density at radius 2 is 1.33 bits per heavy atom. The molecule has 0 aromatic carbocycles. The fourth-order valence-corrected chi connectivity index (χ4v) is 1.26. The summed E-state index contributed by atoms with van der Waals surface area (Å²) in [6, 6.07) is 0. The van der Waals surface area contributed by atoms with E-state index in [9.17, 15) is 13.2 Å². The van der Waals surface area contributed by atoms with Crippen molar-refractivity contribution in [2.45, 2.75) is 20.0 Å². The smallest absolute Gasteiger partial charge is 0.171 e. The van der Waals surface area contributed by atoms with E-state index >= 15 is 0 Å². The number of rotatable bonds is 0. The SMILES string of the molecule is CC1C(C)C1C(F)(F)F. The average Bonchev–Trinajstić information content (AvgIpc) is 2.11. The molecular weight excluding hydrogens is 129 g/mol. The van der Waals surface area contributed by atoms with Gasteiger partial charge in [0.25, 0.3) is 0 Å². The molecule has 9 heavy (non-hydrogen) atoms. The van der Waals surface area contributed by atoms with Gasteiger partial charge in [0.2, 0.25) is 0 Å². The molecule has 0 nitrogen and oxygen atoms in total. The minimum atomic E-state index is -3.95. The first-order valence-corrected chi connectivity index (χ1v) is 3.01. The Balaban J connectivity index is 2.50. The Labute approximate surface area is 52.1 Å². The minimum Gasteiger partial charge on any atom is -0.171 e. The van der Waals surface area contributed by atoms with E-state index < -0.39 is 12.1 Å². The highest BCUT2D eigenvalue weighted by molar-refractivity contribution is 4.95. The van der Waals surface area contributed by atoms with Gasteiger partial charge < -0.3 is 0 Å². The fraction of sp³-hybridized carbons (Fsp3) is 1.00. The van der Waals surface area contributed by atoms with Crippen LogP contribution in [0.5, 0.6) is 0 Å². The molecule has 0 aromatic heterocycles. The Kier molecular flexibility index (Phi) is 1.26. The van der Waals surface area contributed by atoms with Gasteiger partial charge in [-0.15, -0.1) is 0 Å². The molecule has 0 heterocycles. The predicted octanol–water partition coefficient (Wildman–Crippen LogP) is 2.45. The third kappa shape index (κ3) is 1.05. The molecule has 1 rings (SSSR count). The minimum absolute atomic E-state index is 0.148. The van der Waals surface area contributed by atoms with Crippen molar-refractivity contribution in [3.05, 3.63) is 0 Å². The first-order valence-electron chi connectivity index (χ1n) is 3.01. The lowest BCUT2D eigenvalue weighted by Crippen LogP contribution is -2.12. The van der Waals surface area contributed by atoms with E-state index in [1.165, 1.54) is 0 Å². The second-order valence-corrected chi connectivity index (χ2v) is 2.79. The maximum absolute atomic E-state index is 11.7. The highest BCUT2D eigenvalue weighted by atomic mass is 19.4. The van der Waals surface area contributed by atoms with Gasteiger partial charge in [0.05, 0.1) is 5.92 Å². The van der Waals surface area contributed by atoms with Gasteiger partial charge in [0, 0.05) is 0 Å². The lowest BCUT2D eigenvalue weighted by Gasteiger charge is -2.02. The molecule has 3 heteroatoms. The van der Waals surface area contributed by atoms with Crippen LogP contribution < -0.4 is 0 Å². The van der Waals surface area contributed by atoms with Crippen LogP contribution in [0.2, 0.25) is 0 Å². The molecule has 0 radical (unpaired) electrons. The molecule has 54 valence electrons. The molecule has 0 spiro atoms. The van der Waals surface area contributed by atoms with Crippen LogP contribution in [0.25, 0.3) is 0 Å². The van der Waals surface area contributed by atoms with Crippen molar-refractivity contribution < 1.29 is 13.2 Å². The van der Waals surface area contributed by atoms with Gasteiger partial charge in [-0.1, -0.05) is 13.8 Å². The van der Waals surface area contributed by atoms with Crippen LogP contribution in [-0.2, 0) is 0 Å². The lowest BCUT2D eigenvalue weighted by atomic mass is 10.3. The summed E-state index contributed by atoms with van der Waals surface area (Å²) in [5, 5.41) is 0. The van der Waals surface area contributed by atoms with E-state index in [4.69, 9.17) is 0 Å². The van der Waals surface area contributed by atoms with Gasteiger partial charge in [0.15, 0.2) is 0 Å². The van der Waals surface area contributed by atoms with Gasteiger partial charge >= 0.3 is 6.18 Å². The topological polar surface area (TPSA) is 0 Å². The van der Waals surface area contributed by atoms with Crippen molar-refractivity contribution in [1.82, 2.24) is 0 Å². The Morgan fingerprint density at radius 1 is 1.00 bits per heavy atom. The summed E-state index contributed by atoms with van der Waals surface area (Å²) in [5.41, 5.74) is 0. The first-order chi connectivity index (χ1) is 3.94. The van der Waals surface area contributed by atoms with Crippen LogP contribution >= 0.6 is 0 Å². The summed E-state index contributed by atoms with van der Waals surface area (Å²) < 4.78 is 35.2. The number of hydrogen-bond donors (Lipinski definition) is 0. The van der Waals surface area contributed by atoms with E-state index in [1.54, 1.807) is 13.8 Å². The van der Waals surface area contributed by atoms with Crippen molar-refractivity contribution in [3.8, 4) is 0 Å². The first kappa shape index (κ1) is 6.90. The molecule has 0 saturated heterocycles. The van der Waals surface area contributed by atoms with Crippen molar-refractivity contribution in [2.75, 3.05) is 0 Å². The largest absolute Gasteiger partial charge is 0.392 e. The Hall–Kier alpha value is -0.210. The van der Waals surface area contributed by atoms with Gasteiger partial charge in [0.1, 0.15) is 0 Å². The number of alkyl halides is 3. The molecule has 1 fully saturated rings. The van der Waals surface area contributed by atoms with Gasteiger partial charge in [-0.3, -0.25) is 0 Å². The molecule has 0 bridgehead atoms. The summed E-state index contributed by atoms with van der Waals surface area (Å²) in [7, 11) is 0. The van der Waals surface area contributed by atoms with Gasteiger partial charge in [-0.25, -0.2) is 0 Å². The maximum atomic E-state index is 11.7. The fourth-order valence-electron chi connectivity index (χ4n) is 1.26. The molecule has 1 aliphatic carbocycles. The van der Waals surface area contributed by atoms with E-state index in [0.717, 1.165) is 0 Å². The molecule has 1 saturated carbocycles. The molecular formula is C6H9F3. The molecule has 0 aliphatic heterocycles. The molecule has 2 atom stereocenters. The van der Waals surface area contributed by atoms with Crippen molar-refractivity contribution in [1.29, 1.82) is 0 Å². The average molecular weight is 138 g/mol. The monoisotopic (exact) mass is 138 g/mol. The quantitative estimate of drug-likeness (QED) is 0.482. The van der Waals surface area contributed by atoms with Crippen LogP contribution in [0, 0.1) is 17.8 Å². The second-order valence-electron chi connectivity index (χ2n) is 2.79.